The van der Waals surface area contributed by atoms with Gasteiger partial charge in [-0.3, -0.25) is 24.1 Å². The molecule has 0 bridgehead atoms. The van der Waals surface area contributed by atoms with Crippen molar-refractivity contribution in [1.29, 1.82) is 0 Å². The second-order valence-electron chi connectivity index (χ2n) is 7.83. The standard InChI is InChI=1S/C23H23N3O9S/c1-33-19-12-15(36(31,32)25-8-10-34-11-9-25)6-7-18(19)24-20(27)14-35-21(28)13-26-22(29)16-4-2-3-5-17(16)23(26)30/h2-7,12H,8-11,13-14H2,1H3,(H,24,27). The van der Waals surface area contributed by atoms with Gasteiger partial charge >= 0.3 is 5.97 Å². The van der Waals surface area contributed by atoms with E-state index in [4.69, 9.17) is 14.2 Å². The molecule has 2 aromatic rings. The van der Waals surface area contributed by atoms with Gasteiger partial charge in [0.05, 0.1) is 42.0 Å². The SMILES string of the molecule is COc1cc(S(=O)(=O)N2CCOCC2)ccc1NC(=O)COC(=O)CN1C(=O)c2ccccc2C1=O. The van der Waals surface area contributed by atoms with Crippen molar-refractivity contribution < 1.29 is 41.8 Å². The van der Waals surface area contributed by atoms with Gasteiger partial charge in [0.1, 0.15) is 12.3 Å². The monoisotopic (exact) mass is 517 g/mol. The number of nitrogens with one attached hydrogen (secondary N) is 1. The molecule has 2 aliphatic heterocycles. The summed E-state index contributed by atoms with van der Waals surface area (Å²) >= 11 is 0. The lowest BCUT2D eigenvalue weighted by Crippen LogP contribution is -2.40. The summed E-state index contributed by atoms with van der Waals surface area (Å²) in [4.78, 5) is 49.9. The number of fused-ring (bicyclic) bond motifs is 1. The highest BCUT2D eigenvalue weighted by Crippen LogP contribution is 2.29. The first-order valence-corrected chi connectivity index (χ1v) is 12.3. The Morgan fingerprint density at radius 1 is 1.03 bits per heavy atom. The molecule has 2 aliphatic rings. The van der Waals surface area contributed by atoms with Gasteiger partial charge in [-0.1, -0.05) is 12.1 Å². The normalized spacial score (nSPS) is 16.0. The first-order chi connectivity index (χ1) is 17.2. The van der Waals surface area contributed by atoms with E-state index in [-0.39, 0.29) is 40.5 Å². The number of methoxy groups -OCH3 is 1. The van der Waals surface area contributed by atoms with E-state index in [0.29, 0.717) is 13.2 Å². The molecule has 0 spiro atoms. The first kappa shape index (κ1) is 25.3. The van der Waals surface area contributed by atoms with Crippen LogP contribution in [0.2, 0.25) is 0 Å². The van der Waals surface area contributed by atoms with Crippen LogP contribution in [0.3, 0.4) is 0 Å². The van der Waals surface area contributed by atoms with Crippen molar-refractivity contribution in [2.75, 3.05) is 51.9 Å². The Balaban J connectivity index is 1.34. The number of benzene rings is 2. The maximum Gasteiger partial charge on any atom is 0.326 e. The Bertz CT molecular complexity index is 1280. The largest absolute Gasteiger partial charge is 0.495 e. The van der Waals surface area contributed by atoms with Crippen LogP contribution in [-0.2, 0) is 29.1 Å². The van der Waals surface area contributed by atoms with E-state index in [9.17, 15) is 27.6 Å². The van der Waals surface area contributed by atoms with Crippen molar-refractivity contribution in [2.45, 2.75) is 4.90 Å². The number of morpholine rings is 1. The number of imide groups is 1. The fourth-order valence-electron chi connectivity index (χ4n) is 3.76. The molecule has 2 aromatic carbocycles. The van der Waals surface area contributed by atoms with Crippen LogP contribution in [0.4, 0.5) is 5.69 Å². The molecule has 4 rings (SSSR count). The Labute approximate surface area is 206 Å². The summed E-state index contributed by atoms with van der Waals surface area (Å²) in [5.74, 6) is -2.82. The summed E-state index contributed by atoms with van der Waals surface area (Å²) < 4.78 is 42.3. The first-order valence-electron chi connectivity index (χ1n) is 10.9. The maximum atomic E-state index is 12.8. The highest BCUT2D eigenvalue weighted by Gasteiger charge is 2.36. The number of rotatable bonds is 8. The summed E-state index contributed by atoms with van der Waals surface area (Å²) in [5.41, 5.74) is 0.554. The summed E-state index contributed by atoms with van der Waals surface area (Å²) in [6, 6.07) is 10.2. The molecule has 0 radical (unpaired) electrons. The molecular formula is C23H23N3O9S. The van der Waals surface area contributed by atoms with Crippen LogP contribution in [0.25, 0.3) is 0 Å². The number of anilines is 1. The van der Waals surface area contributed by atoms with Gasteiger partial charge in [0.15, 0.2) is 6.61 Å². The van der Waals surface area contributed by atoms with Crippen LogP contribution >= 0.6 is 0 Å². The van der Waals surface area contributed by atoms with Crippen molar-refractivity contribution >= 4 is 39.4 Å². The summed E-state index contributed by atoms with van der Waals surface area (Å²) in [5, 5.41) is 2.48. The van der Waals surface area contributed by atoms with E-state index in [1.54, 1.807) is 12.1 Å². The van der Waals surface area contributed by atoms with E-state index in [0.717, 1.165) is 4.90 Å². The van der Waals surface area contributed by atoms with Gasteiger partial charge < -0.3 is 19.5 Å². The van der Waals surface area contributed by atoms with Crippen molar-refractivity contribution in [2.24, 2.45) is 0 Å². The molecule has 36 heavy (non-hydrogen) atoms. The minimum absolute atomic E-state index is 0.00776. The number of hydrogen-bond donors (Lipinski definition) is 1. The minimum Gasteiger partial charge on any atom is -0.495 e. The molecule has 0 aliphatic carbocycles. The third-order valence-electron chi connectivity index (χ3n) is 5.58. The summed E-state index contributed by atoms with van der Waals surface area (Å²) in [6.07, 6.45) is 0. The molecular weight excluding hydrogens is 494 g/mol. The number of nitrogens with zero attached hydrogens (tertiary/aromatic N) is 2. The van der Waals surface area contributed by atoms with E-state index in [1.165, 1.54) is 41.7 Å². The Morgan fingerprint density at radius 2 is 1.67 bits per heavy atom. The molecule has 0 atom stereocenters. The van der Waals surface area contributed by atoms with Crippen molar-refractivity contribution in [3.63, 3.8) is 0 Å². The molecule has 1 N–H and O–H groups in total. The smallest absolute Gasteiger partial charge is 0.326 e. The van der Waals surface area contributed by atoms with Crippen LogP contribution in [0.5, 0.6) is 5.75 Å². The quantitative estimate of drug-likeness (QED) is 0.390. The number of hydrogen-bond acceptors (Lipinski definition) is 9. The zero-order valence-electron chi connectivity index (χ0n) is 19.3. The van der Waals surface area contributed by atoms with Gasteiger partial charge in [0.25, 0.3) is 17.7 Å². The zero-order chi connectivity index (χ0) is 25.9. The lowest BCUT2D eigenvalue weighted by molar-refractivity contribution is -0.147. The zero-order valence-corrected chi connectivity index (χ0v) is 20.1. The second kappa shape index (κ2) is 10.4. The van der Waals surface area contributed by atoms with Gasteiger partial charge in [0.2, 0.25) is 10.0 Å². The molecule has 190 valence electrons. The number of ether oxygens (including phenoxy) is 3. The lowest BCUT2D eigenvalue weighted by Gasteiger charge is -2.26. The van der Waals surface area contributed by atoms with Crippen molar-refractivity contribution in [1.82, 2.24) is 9.21 Å². The topological polar surface area (TPSA) is 149 Å². The molecule has 3 amide bonds. The summed E-state index contributed by atoms with van der Waals surface area (Å²) in [6.45, 7) is -0.271. The molecule has 1 fully saturated rings. The second-order valence-corrected chi connectivity index (χ2v) is 9.77. The van der Waals surface area contributed by atoms with Crippen molar-refractivity contribution in [3.8, 4) is 5.75 Å². The molecule has 0 unspecified atom stereocenters. The predicted molar refractivity (Wildman–Crippen MR) is 124 cm³/mol. The average Bonchev–Trinajstić information content (AvgIpc) is 3.13. The van der Waals surface area contributed by atoms with Gasteiger partial charge in [-0.2, -0.15) is 4.31 Å². The number of amides is 3. The van der Waals surface area contributed by atoms with Crippen LogP contribution < -0.4 is 10.1 Å². The number of esters is 1. The highest BCUT2D eigenvalue weighted by molar-refractivity contribution is 7.89. The van der Waals surface area contributed by atoms with E-state index >= 15 is 0 Å². The lowest BCUT2D eigenvalue weighted by atomic mass is 10.1. The van der Waals surface area contributed by atoms with E-state index in [2.05, 4.69) is 5.32 Å². The van der Waals surface area contributed by atoms with Crippen LogP contribution in [0, 0.1) is 0 Å². The molecule has 13 heteroatoms. The van der Waals surface area contributed by atoms with E-state index < -0.39 is 46.9 Å². The Hall–Kier alpha value is -3.81. The summed E-state index contributed by atoms with van der Waals surface area (Å²) in [7, 11) is -2.45. The van der Waals surface area contributed by atoms with Gasteiger partial charge in [-0.25, -0.2) is 8.42 Å². The number of sulfonamides is 1. The van der Waals surface area contributed by atoms with Gasteiger partial charge in [-0.05, 0) is 24.3 Å². The third kappa shape index (κ3) is 5.08. The molecule has 1 saturated heterocycles. The fraction of sp³-hybridized carbons (Fsp3) is 0.304. The van der Waals surface area contributed by atoms with E-state index in [1.807, 2.05) is 0 Å². The molecule has 2 heterocycles. The Kier molecular flexibility index (Phi) is 7.33. The molecule has 12 nitrogen and oxygen atoms in total. The predicted octanol–water partition coefficient (Wildman–Crippen LogP) is 0.494. The van der Waals surface area contributed by atoms with Gasteiger partial charge in [0, 0.05) is 19.2 Å². The van der Waals surface area contributed by atoms with Crippen molar-refractivity contribution in [3.05, 3.63) is 53.6 Å². The average molecular weight is 518 g/mol. The van der Waals surface area contributed by atoms with Crippen LogP contribution in [-0.4, -0.2) is 87.9 Å². The third-order valence-corrected chi connectivity index (χ3v) is 7.48. The van der Waals surface area contributed by atoms with Crippen LogP contribution in [0.1, 0.15) is 20.7 Å². The molecule has 0 aromatic heterocycles. The minimum atomic E-state index is -3.77. The van der Waals surface area contributed by atoms with Gasteiger partial charge in [-0.15, -0.1) is 0 Å². The fourth-order valence-corrected chi connectivity index (χ4v) is 5.19. The maximum absolute atomic E-state index is 12.8. The Morgan fingerprint density at radius 3 is 2.28 bits per heavy atom. The van der Waals surface area contributed by atoms with Crippen LogP contribution in [0.15, 0.2) is 47.4 Å². The number of carbonyl (C=O) groups is 4. The molecule has 0 saturated carbocycles. The highest BCUT2D eigenvalue weighted by atomic mass is 32.2. The number of carbonyl (C=O) groups excluding carboxylic acids is 4.